The SMILES string of the molecule is CN(O)Cc1sc2c(c1Cl)CCCC2. The van der Waals surface area contributed by atoms with Gasteiger partial charge in [-0.05, 0) is 31.2 Å². The van der Waals surface area contributed by atoms with E-state index in [1.807, 2.05) is 0 Å². The molecular weight excluding hydrogens is 218 g/mol. The smallest absolute Gasteiger partial charge is 0.0594 e. The molecule has 0 bridgehead atoms. The van der Waals surface area contributed by atoms with Gasteiger partial charge in [0, 0.05) is 16.8 Å². The largest absolute Gasteiger partial charge is 0.314 e. The second kappa shape index (κ2) is 4.19. The normalized spacial score (nSPS) is 16.0. The van der Waals surface area contributed by atoms with E-state index in [1.165, 1.54) is 28.3 Å². The Morgan fingerprint density at radius 1 is 1.43 bits per heavy atom. The lowest BCUT2D eigenvalue weighted by atomic mass is 9.99. The fourth-order valence-electron chi connectivity index (χ4n) is 1.89. The van der Waals surface area contributed by atoms with E-state index < -0.39 is 0 Å². The van der Waals surface area contributed by atoms with Gasteiger partial charge < -0.3 is 5.21 Å². The van der Waals surface area contributed by atoms with Crippen LogP contribution in [0, 0.1) is 0 Å². The van der Waals surface area contributed by atoms with Gasteiger partial charge in [-0.3, -0.25) is 0 Å². The van der Waals surface area contributed by atoms with E-state index in [9.17, 15) is 5.21 Å². The number of nitrogens with zero attached hydrogens (tertiary/aromatic N) is 1. The molecule has 2 nitrogen and oxygen atoms in total. The minimum atomic E-state index is 0.538. The van der Waals surface area contributed by atoms with E-state index in [0.29, 0.717) is 6.54 Å². The molecule has 14 heavy (non-hydrogen) atoms. The Morgan fingerprint density at radius 3 is 2.79 bits per heavy atom. The van der Waals surface area contributed by atoms with Crippen molar-refractivity contribution in [1.82, 2.24) is 5.06 Å². The van der Waals surface area contributed by atoms with Gasteiger partial charge in [0.2, 0.25) is 0 Å². The molecule has 78 valence electrons. The van der Waals surface area contributed by atoms with Crippen LogP contribution in [0.1, 0.15) is 28.2 Å². The van der Waals surface area contributed by atoms with Gasteiger partial charge in [-0.2, -0.15) is 5.06 Å². The molecule has 1 aliphatic rings. The Labute approximate surface area is 93.1 Å². The molecule has 2 rings (SSSR count). The molecule has 1 N–H and O–H groups in total. The van der Waals surface area contributed by atoms with Crippen molar-refractivity contribution >= 4 is 22.9 Å². The highest BCUT2D eigenvalue weighted by Gasteiger charge is 2.19. The Morgan fingerprint density at radius 2 is 2.14 bits per heavy atom. The Kier molecular flexibility index (Phi) is 3.12. The number of rotatable bonds is 2. The zero-order valence-corrected chi connectivity index (χ0v) is 9.79. The molecule has 1 heterocycles. The van der Waals surface area contributed by atoms with Crippen LogP contribution in [0.2, 0.25) is 5.02 Å². The molecule has 0 fully saturated rings. The van der Waals surface area contributed by atoms with E-state index in [2.05, 4.69) is 0 Å². The van der Waals surface area contributed by atoms with Gasteiger partial charge in [-0.15, -0.1) is 11.3 Å². The van der Waals surface area contributed by atoms with Crippen LogP contribution in [0.15, 0.2) is 0 Å². The summed E-state index contributed by atoms with van der Waals surface area (Å²) < 4.78 is 0. The molecule has 1 aromatic heterocycles. The zero-order valence-electron chi connectivity index (χ0n) is 8.22. The first kappa shape index (κ1) is 10.4. The van der Waals surface area contributed by atoms with Crippen LogP contribution in [0.4, 0.5) is 0 Å². The number of hydrogen-bond donors (Lipinski definition) is 1. The number of thiophene rings is 1. The van der Waals surface area contributed by atoms with Gasteiger partial charge >= 0.3 is 0 Å². The van der Waals surface area contributed by atoms with E-state index in [-0.39, 0.29) is 0 Å². The molecule has 1 aromatic rings. The van der Waals surface area contributed by atoms with E-state index in [1.54, 1.807) is 18.4 Å². The molecule has 0 atom stereocenters. The van der Waals surface area contributed by atoms with Crippen molar-refractivity contribution < 1.29 is 5.21 Å². The summed E-state index contributed by atoms with van der Waals surface area (Å²) in [4.78, 5) is 2.53. The van der Waals surface area contributed by atoms with Crippen molar-refractivity contribution in [2.24, 2.45) is 0 Å². The van der Waals surface area contributed by atoms with Crippen LogP contribution < -0.4 is 0 Å². The fourth-order valence-corrected chi connectivity index (χ4v) is 3.67. The van der Waals surface area contributed by atoms with E-state index in [0.717, 1.165) is 22.7 Å². The second-order valence-corrected chi connectivity index (χ2v) is 5.33. The van der Waals surface area contributed by atoms with Crippen molar-refractivity contribution in [1.29, 1.82) is 0 Å². The van der Waals surface area contributed by atoms with E-state index >= 15 is 0 Å². The third-order valence-corrected chi connectivity index (χ3v) is 4.39. The lowest BCUT2D eigenvalue weighted by Gasteiger charge is -2.09. The molecular formula is C10H14ClNOS. The van der Waals surface area contributed by atoms with Crippen LogP contribution in [0.3, 0.4) is 0 Å². The highest BCUT2D eigenvalue weighted by molar-refractivity contribution is 7.12. The molecule has 0 amide bonds. The van der Waals surface area contributed by atoms with Gasteiger partial charge in [-0.1, -0.05) is 11.6 Å². The predicted molar refractivity (Wildman–Crippen MR) is 59.2 cm³/mol. The first-order valence-electron chi connectivity index (χ1n) is 4.87. The Balaban J connectivity index is 2.29. The third-order valence-electron chi connectivity index (χ3n) is 2.55. The highest BCUT2D eigenvalue weighted by Crippen LogP contribution is 2.37. The average molecular weight is 232 g/mol. The highest BCUT2D eigenvalue weighted by atomic mass is 35.5. The van der Waals surface area contributed by atoms with Crippen LogP contribution in [-0.2, 0) is 19.4 Å². The number of aryl methyl sites for hydroxylation is 1. The van der Waals surface area contributed by atoms with Crippen molar-refractivity contribution in [2.45, 2.75) is 32.2 Å². The van der Waals surface area contributed by atoms with Gasteiger partial charge in [0.05, 0.1) is 11.6 Å². The van der Waals surface area contributed by atoms with Crippen LogP contribution in [-0.4, -0.2) is 17.3 Å². The summed E-state index contributed by atoms with van der Waals surface area (Å²) in [5.41, 5.74) is 1.33. The summed E-state index contributed by atoms with van der Waals surface area (Å²) in [6, 6.07) is 0. The van der Waals surface area contributed by atoms with Crippen molar-refractivity contribution in [2.75, 3.05) is 7.05 Å². The average Bonchev–Trinajstić information content (AvgIpc) is 2.44. The summed E-state index contributed by atoms with van der Waals surface area (Å²) in [7, 11) is 1.65. The first-order chi connectivity index (χ1) is 6.68. The number of fused-ring (bicyclic) bond motifs is 1. The molecule has 0 radical (unpaired) electrons. The van der Waals surface area contributed by atoms with Crippen LogP contribution in [0.5, 0.6) is 0 Å². The van der Waals surface area contributed by atoms with Gasteiger partial charge in [0.15, 0.2) is 0 Å². The monoisotopic (exact) mass is 231 g/mol. The predicted octanol–water partition coefficient (Wildman–Crippen LogP) is 3.10. The van der Waals surface area contributed by atoms with Gasteiger partial charge in [0.1, 0.15) is 0 Å². The Hall–Kier alpha value is -0.0900. The van der Waals surface area contributed by atoms with Crippen LogP contribution in [0.25, 0.3) is 0 Å². The topological polar surface area (TPSA) is 23.5 Å². The fraction of sp³-hybridized carbons (Fsp3) is 0.600. The maximum atomic E-state index is 9.17. The number of hydroxylamine groups is 2. The minimum Gasteiger partial charge on any atom is -0.314 e. The van der Waals surface area contributed by atoms with Crippen molar-refractivity contribution in [3.05, 3.63) is 20.3 Å². The summed E-state index contributed by atoms with van der Waals surface area (Å²) in [6.07, 6.45) is 4.80. The molecule has 1 aliphatic carbocycles. The summed E-state index contributed by atoms with van der Waals surface area (Å²) in [6.45, 7) is 0.538. The summed E-state index contributed by atoms with van der Waals surface area (Å²) in [5.74, 6) is 0. The lowest BCUT2D eigenvalue weighted by molar-refractivity contribution is -0.0723. The Bertz CT molecular complexity index is 335. The lowest BCUT2D eigenvalue weighted by Crippen LogP contribution is -2.10. The van der Waals surface area contributed by atoms with Crippen molar-refractivity contribution in [3.8, 4) is 0 Å². The number of halogens is 1. The van der Waals surface area contributed by atoms with Crippen LogP contribution >= 0.6 is 22.9 Å². The molecule has 0 aliphatic heterocycles. The molecule has 0 saturated heterocycles. The molecule has 0 saturated carbocycles. The maximum Gasteiger partial charge on any atom is 0.0594 e. The minimum absolute atomic E-state index is 0.538. The quantitative estimate of drug-likeness (QED) is 0.791. The summed E-state index contributed by atoms with van der Waals surface area (Å²) >= 11 is 8.02. The number of hydrogen-bond acceptors (Lipinski definition) is 3. The summed E-state index contributed by atoms with van der Waals surface area (Å²) in [5, 5.41) is 11.3. The van der Waals surface area contributed by atoms with E-state index in [4.69, 9.17) is 11.6 Å². The van der Waals surface area contributed by atoms with Crippen molar-refractivity contribution in [3.63, 3.8) is 0 Å². The zero-order chi connectivity index (χ0) is 10.1. The molecule has 0 aromatic carbocycles. The molecule has 4 heteroatoms. The first-order valence-corrected chi connectivity index (χ1v) is 6.07. The molecule has 0 spiro atoms. The standard InChI is InChI=1S/C10H14ClNOS/c1-12(13)6-9-10(11)7-4-2-3-5-8(7)14-9/h13H,2-6H2,1H3. The molecule has 0 unspecified atom stereocenters. The third kappa shape index (κ3) is 1.96. The maximum absolute atomic E-state index is 9.17. The van der Waals surface area contributed by atoms with Gasteiger partial charge in [-0.25, -0.2) is 0 Å². The van der Waals surface area contributed by atoms with Gasteiger partial charge in [0.25, 0.3) is 0 Å². The second-order valence-electron chi connectivity index (χ2n) is 3.76.